The van der Waals surface area contributed by atoms with E-state index in [0.717, 1.165) is 31.6 Å². The summed E-state index contributed by atoms with van der Waals surface area (Å²) >= 11 is 0. The first kappa shape index (κ1) is 20.9. The third-order valence-corrected chi connectivity index (χ3v) is 7.83. The van der Waals surface area contributed by atoms with Crippen LogP contribution in [0.3, 0.4) is 0 Å². The molecule has 0 N–H and O–H groups in total. The second kappa shape index (κ2) is 8.78. The number of nitrogens with zero attached hydrogens (tertiary/aromatic N) is 3. The highest BCUT2D eigenvalue weighted by Crippen LogP contribution is 2.28. The Kier molecular flexibility index (Phi) is 6.11. The van der Waals surface area contributed by atoms with Gasteiger partial charge in [0, 0.05) is 44.8 Å². The maximum atomic E-state index is 13.0. The topological polar surface area (TPSA) is 60.9 Å². The zero-order valence-electron chi connectivity index (χ0n) is 17.5. The molecule has 6 nitrogen and oxygen atoms in total. The van der Waals surface area contributed by atoms with E-state index >= 15 is 0 Å². The van der Waals surface area contributed by atoms with E-state index in [1.807, 2.05) is 24.0 Å². The number of hydrogen-bond acceptors (Lipinski definition) is 4. The summed E-state index contributed by atoms with van der Waals surface area (Å²) in [5.74, 6) is 0.214. The molecule has 0 bridgehead atoms. The molecule has 160 valence electrons. The van der Waals surface area contributed by atoms with Crippen molar-refractivity contribution in [3.05, 3.63) is 65.2 Å². The number of anilines is 1. The van der Waals surface area contributed by atoms with Crippen molar-refractivity contribution < 1.29 is 13.2 Å². The van der Waals surface area contributed by atoms with Gasteiger partial charge in [0.15, 0.2) is 0 Å². The monoisotopic (exact) mass is 427 g/mol. The van der Waals surface area contributed by atoms with Crippen LogP contribution in [0.4, 0.5) is 5.69 Å². The van der Waals surface area contributed by atoms with E-state index in [0.29, 0.717) is 37.3 Å². The molecule has 1 amide bonds. The van der Waals surface area contributed by atoms with Crippen LogP contribution in [0.25, 0.3) is 0 Å². The number of sulfonamides is 1. The van der Waals surface area contributed by atoms with Gasteiger partial charge in [-0.05, 0) is 49.1 Å². The molecule has 2 aliphatic heterocycles. The van der Waals surface area contributed by atoms with E-state index in [1.165, 1.54) is 9.87 Å². The molecule has 7 heteroatoms. The van der Waals surface area contributed by atoms with Crippen LogP contribution in [0.2, 0.25) is 0 Å². The lowest BCUT2D eigenvalue weighted by Gasteiger charge is -2.35. The number of carbonyl (C=O) groups is 1. The van der Waals surface area contributed by atoms with Crippen molar-refractivity contribution in [2.75, 3.05) is 42.8 Å². The van der Waals surface area contributed by atoms with Gasteiger partial charge in [0.1, 0.15) is 0 Å². The molecule has 0 saturated carbocycles. The van der Waals surface area contributed by atoms with Gasteiger partial charge in [-0.15, -0.1) is 0 Å². The van der Waals surface area contributed by atoms with Gasteiger partial charge in [0.05, 0.1) is 11.4 Å². The Morgan fingerprint density at radius 3 is 2.33 bits per heavy atom. The predicted octanol–water partition coefficient (Wildman–Crippen LogP) is 2.88. The molecule has 0 atom stereocenters. The molecule has 2 aliphatic rings. The van der Waals surface area contributed by atoms with Crippen LogP contribution in [0.15, 0.2) is 48.5 Å². The molecule has 0 aliphatic carbocycles. The number of hydrogen-bond donors (Lipinski definition) is 0. The van der Waals surface area contributed by atoms with Gasteiger partial charge < -0.3 is 4.90 Å². The van der Waals surface area contributed by atoms with Crippen molar-refractivity contribution in [1.82, 2.24) is 9.80 Å². The van der Waals surface area contributed by atoms with Crippen LogP contribution in [-0.4, -0.2) is 62.6 Å². The normalized spacial score (nSPS) is 19.6. The summed E-state index contributed by atoms with van der Waals surface area (Å²) in [6.07, 6.45) is 1.58. The Hall–Kier alpha value is -2.38. The average molecular weight is 428 g/mol. The van der Waals surface area contributed by atoms with E-state index in [1.54, 1.807) is 12.1 Å². The first-order valence-electron chi connectivity index (χ1n) is 10.6. The lowest BCUT2D eigenvalue weighted by molar-refractivity contribution is 0.0628. The van der Waals surface area contributed by atoms with Gasteiger partial charge in [0.25, 0.3) is 5.91 Å². The molecule has 4 rings (SSSR count). The molecule has 2 aromatic carbocycles. The Morgan fingerprint density at radius 1 is 0.933 bits per heavy atom. The SMILES string of the molecule is Cc1cc(C(=O)N2CCN(Cc3ccccc3)CC2)ccc1N1CCCCS1(=O)=O. The molecule has 0 unspecified atom stereocenters. The highest BCUT2D eigenvalue weighted by atomic mass is 32.2. The number of piperazine rings is 1. The Balaban J connectivity index is 1.40. The van der Waals surface area contributed by atoms with Crippen molar-refractivity contribution in [3.8, 4) is 0 Å². The summed E-state index contributed by atoms with van der Waals surface area (Å²) in [5.41, 5.74) is 3.44. The molecule has 0 radical (unpaired) electrons. The molecule has 0 aromatic heterocycles. The zero-order valence-corrected chi connectivity index (χ0v) is 18.3. The summed E-state index contributed by atoms with van der Waals surface area (Å²) in [6.45, 7) is 6.41. The summed E-state index contributed by atoms with van der Waals surface area (Å²) in [7, 11) is -3.25. The number of benzene rings is 2. The van der Waals surface area contributed by atoms with Crippen LogP contribution >= 0.6 is 0 Å². The standard InChI is InChI=1S/C23H29N3O3S/c1-19-17-21(9-10-22(19)26-11-5-6-16-30(26,28)29)23(27)25-14-12-24(13-15-25)18-20-7-3-2-4-8-20/h2-4,7-10,17H,5-6,11-16,18H2,1H3. The first-order chi connectivity index (χ1) is 14.4. The van der Waals surface area contributed by atoms with Gasteiger partial charge in [-0.2, -0.15) is 0 Å². The van der Waals surface area contributed by atoms with Gasteiger partial charge in [-0.1, -0.05) is 30.3 Å². The van der Waals surface area contributed by atoms with E-state index in [2.05, 4.69) is 29.2 Å². The highest BCUT2D eigenvalue weighted by molar-refractivity contribution is 7.92. The van der Waals surface area contributed by atoms with Crippen LogP contribution in [0, 0.1) is 6.92 Å². The number of rotatable bonds is 4. The lowest BCUT2D eigenvalue weighted by Crippen LogP contribution is -2.48. The minimum atomic E-state index is -3.25. The van der Waals surface area contributed by atoms with Gasteiger partial charge in [-0.25, -0.2) is 8.42 Å². The van der Waals surface area contributed by atoms with Gasteiger partial charge in [-0.3, -0.25) is 14.0 Å². The second-order valence-electron chi connectivity index (χ2n) is 8.15. The summed E-state index contributed by atoms with van der Waals surface area (Å²) < 4.78 is 26.3. The Labute approximate surface area is 179 Å². The quantitative estimate of drug-likeness (QED) is 0.753. The van der Waals surface area contributed by atoms with E-state index < -0.39 is 10.0 Å². The lowest BCUT2D eigenvalue weighted by atomic mass is 10.1. The molecule has 2 heterocycles. The molecule has 2 fully saturated rings. The van der Waals surface area contributed by atoms with Crippen molar-refractivity contribution >= 4 is 21.6 Å². The van der Waals surface area contributed by atoms with Crippen molar-refractivity contribution in [2.45, 2.75) is 26.3 Å². The summed E-state index contributed by atoms with van der Waals surface area (Å²) in [6, 6.07) is 15.8. The zero-order chi connectivity index (χ0) is 21.1. The fourth-order valence-corrected chi connectivity index (χ4v) is 5.96. The fraction of sp³-hybridized carbons (Fsp3) is 0.435. The van der Waals surface area contributed by atoms with Crippen LogP contribution in [0.5, 0.6) is 0 Å². The molecule has 0 spiro atoms. The molecule has 2 saturated heterocycles. The summed E-state index contributed by atoms with van der Waals surface area (Å²) in [4.78, 5) is 17.3. The van der Waals surface area contributed by atoms with Crippen molar-refractivity contribution in [3.63, 3.8) is 0 Å². The fourth-order valence-electron chi connectivity index (χ4n) is 4.26. The molecular weight excluding hydrogens is 398 g/mol. The summed E-state index contributed by atoms with van der Waals surface area (Å²) in [5, 5.41) is 0. The third-order valence-electron chi connectivity index (χ3n) is 5.97. The smallest absolute Gasteiger partial charge is 0.253 e. The van der Waals surface area contributed by atoms with E-state index in [9.17, 15) is 13.2 Å². The first-order valence-corrected chi connectivity index (χ1v) is 12.2. The Morgan fingerprint density at radius 2 is 1.67 bits per heavy atom. The minimum absolute atomic E-state index is 0.0190. The van der Waals surface area contributed by atoms with Crippen LogP contribution < -0.4 is 4.31 Å². The minimum Gasteiger partial charge on any atom is -0.336 e. The van der Waals surface area contributed by atoms with Crippen molar-refractivity contribution in [1.29, 1.82) is 0 Å². The van der Waals surface area contributed by atoms with Crippen LogP contribution in [-0.2, 0) is 16.6 Å². The van der Waals surface area contributed by atoms with E-state index in [-0.39, 0.29) is 11.7 Å². The van der Waals surface area contributed by atoms with Crippen LogP contribution in [0.1, 0.15) is 34.3 Å². The van der Waals surface area contributed by atoms with Crippen molar-refractivity contribution in [2.24, 2.45) is 0 Å². The molecule has 2 aromatic rings. The second-order valence-corrected chi connectivity index (χ2v) is 10.2. The molecule has 30 heavy (non-hydrogen) atoms. The van der Waals surface area contributed by atoms with Gasteiger partial charge >= 0.3 is 0 Å². The Bertz CT molecular complexity index is 1000. The molecular formula is C23H29N3O3S. The third kappa shape index (κ3) is 4.52. The number of aryl methyl sites for hydroxylation is 1. The average Bonchev–Trinajstić information content (AvgIpc) is 2.75. The maximum Gasteiger partial charge on any atom is 0.253 e. The number of carbonyl (C=O) groups excluding carboxylic acids is 1. The largest absolute Gasteiger partial charge is 0.336 e. The van der Waals surface area contributed by atoms with E-state index in [4.69, 9.17) is 0 Å². The highest BCUT2D eigenvalue weighted by Gasteiger charge is 2.28. The maximum absolute atomic E-state index is 13.0. The number of amides is 1. The van der Waals surface area contributed by atoms with Gasteiger partial charge in [0.2, 0.25) is 10.0 Å². The predicted molar refractivity (Wildman–Crippen MR) is 119 cm³/mol.